The minimum absolute atomic E-state index is 0.344. The molecule has 0 saturated heterocycles. The topological polar surface area (TPSA) is 60.9 Å². The molecule has 2 heterocycles. The van der Waals surface area contributed by atoms with Crippen molar-refractivity contribution in [3.63, 3.8) is 0 Å². The fourth-order valence-electron chi connectivity index (χ4n) is 4.16. The monoisotopic (exact) mass is 325 g/mol. The van der Waals surface area contributed by atoms with Crippen LogP contribution < -0.4 is 5.73 Å². The SMILES string of the molecule is CCc1c(-c2cccnc2)c(C(N)=O)c(C)n1CC1CCCCC1. The van der Waals surface area contributed by atoms with Crippen molar-refractivity contribution >= 4 is 5.91 Å². The van der Waals surface area contributed by atoms with Gasteiger partial charge in [0.05, 0.1) is 5.56 Å². The van der Waals surface area contributed by atoms with E-state index < -0.39 is 0 Å². The minimum Gasteiger partial charge on any atom is -0.366 e. The van der Waals surface area contributed by atoms with E-state index in [0.717, 1.165) is 29.8 Å². The van der Waals surface area contributed by atoms with Crippen LogP contribution in [0.5, 0.6) is 0 Å². The molecule has 0 bridgehead atoms. The third-order valence-electron chi connectivity index (χ3n) is 5.33. The number of rotatable bonds is 5. The molecule has 0 spiro atoms. The van der Waals surface area contributed by atoms with Crippen molar-refractivity contribution in [1.29, 1.82) is 0 Å². The van der Waals surface area contributed by atoms with Crippen LogP contribution in [0.1, 0.15) is 60.8 Å². The Morgan fingerprint density at radius 1 is 1.33 bits per heavy atom. The number of carbonyl (C=O) groups excluding carboxylic acids is 1. The molecule has 1 amide bonds. The molecule has 24 heavy (non-hydrogen) atoms. The number of amides is 1. The van der Waals surface area contributed by atoms with Gasteiger partial charge in [0.25, 0.3) is 5.91 Å². The van der Waals surface area contributed by atoms with Crippen molar-refractivity contribution < 1.29 is 4.79 Å². The van der Waals surface area contributed by atoms with Gasteiger partial charge >= 0.3 is 0 Å². The largest absolute Gasteiger partial charge is 0.366 e. The standard InChI is InChI=1S/C20H27N3O/c1-3-17-19(16-10-7-11-22-12-16)18(20(21)24)14(2)23(17)13-15-8-5-4-6-9-15/h7,10-12,15H,3-6,8-9,13H2,1-2H3,(H2,21,24). The number of hydrogen-bond acceptors (Lipinski definition) is 2. The van der Waals surface area contributed by atoms with Crippen molar-refractivity contribution in [2.45, 2.75) is 58.9 Å². The Kier molecular flexibility index (Phi) is 5.03. The van der Waals surface area contributed by atoms with E-state index in [1.165, 1.54) is 37.8 Å². The van der Waals surface area contributed by atoms with Gasteiger partial charge in [0, 0.05) is 41.5 Å². The lowest BCUT2D eigenvalue weighted by Crippen LogP contribution is -2.17. The Bertz CT molecular complexity index is 712. The summed E-state index contributed by atoms with van der Waals surface area (Å²) in [6, 6.07) is 3.92. The molecule has 0 radical (unpaired) electrons. The molecule has 1 aliphatic carbocycles. The van der Waals surface area contributed by atoms with Crippen LogP contribution in [0.4, 0.5) is 0 Å². The molecule has 4 heteroatoms. The van der Waals surface area contributed by atoms with Crippen LogP contribution in [-0.2, 0) is 13.0 Å². The molecule has 0 atom stereocenters. The zero-order valence-electron chi connectivity index (χ0n) is 14.7. The summed E-state index contributed by atoms with van der Waals surface area (Å²) in [5, 5.41) is 0. The third kappa shape index (κ3) is 3.10. The Labute approximate surface area is 144 Å². The fraction of sp³-hybridized carbons (Fsp3) is 0.500. The molecule has 0 unspecified atom stereocenters. The number of nitrogens with zero attached hydrogens (tertiary/aromatic N) is 2. The fourth-order valence-corrected chi connectivity index (χ4v) is 4.16. The van der Waals surface area contributed by atoms with Crippen LogP contribution in [0.15, 0.2) is 24.5 Å². The maximum Gasteiger partial charge on any atom is 0.251 e. The molecule has 1 aliphatic rings. The van der Waals surface area contributed by atoms with Crippen LogP contribution in [-0.4, -0.2) is 15.5 Å². The Morgan fingerprint density at radius 2 is 2.08 bits per heavy atom. The van der Waals surface area contributed by atoms with Crippen LogP contribution in [0.2, 0.25) is 0 Å². The summed E-state index contributed by atoms with van der Waals surface area (Å²) in [6.45, 7) is 5.17. The van der Waals surface area contributed by atoms with Crippen LogP contribution in [0, 0.1) is 12.8 Å². The molecule has 2 N–H and O–H groups in total. The molecular formula is C20H27N3O. The Hall–Kier alpha value is -2.10. The van der Waals surface area contributed by atoms with E-state index >= 15 is 0 Å². The average molecular weight is 325 g/mol. The second-order valence-electron chi connectivity index (χ2n) is 6.86. The maximum absolute atomic E-state index is 12.2. The number of aromatic nitrogens is 2. The summed E-state index contributed by atoms with van der Waals surface area (Å²) in [5.41, 5.74) is 10.6. The first-order valence-electron chi connectivity index (χ1n) is 9.05. The number of hydrogen-bond donors (Lipinski definition) is 1. The third-order valence-corrected chi connectivity index (χ3v) is 5.33. The molecule has 2 aromatic rings. The van der Waals surface area contributed by atoms with Gasteiger partial charge < -0.3 is 10.3 Å². The van der Waals surface area contributed by atoms with E-state index in [0.29, 0.717) is 11.5 Å². The van der Waals surface area contributed by atoms with Gasteiger partial charge in [-0.2, -0.15) is 0 Å². The quantitative estimate of drug-likeness (QED) is 0.899. The number of primary amides is 1. The predicted molar refractivity (Wildman–Crippen MR) is 96.9 cm³/mol. The highest BCUT2D eigenvalue weighted by atomic mass is 16.1. The summed E-state index contributed by atoms with van der Waals surface area (Å²) in [7, 11) is 0. The summed E-state index contributed by atoms with van der Waals surface area (Å²) < 4.78 is 2.35. The normalized spacial score (nSPS) is 15.6. The maximum atomic E-state index is 12.2. The van der Waals surface area contributed by atoms with E-state index in [9.17, 15) is 4.79 Å². The van der Waals surface area contributed by atoms with E-state index in [1.807, 2.05) is 25.3 Å². The number of carbonyl (C=O) groups is 1. The highest BCUT2D eigenvalue weighted by molar-refractivity contribution is 6.02. The van der Waals surface area contributed by atoms with Gasteiger partial charge in [-0.15, -0.1) is 0 Å². The van der Waals surface area contributed by atoms with Crippen molar-refractivity contribution in [3.05, 3.63) is 41.5 Å². The van der Waals surface area contributed by atoms with Gasteiger partial charge in [-0.3, -0.25) is 9.78 Å². The molecular weight excluding hydrogens is 298 g/mol. The van der Waals surface area contributed by atoms with Gasteiger partial charge in [0.15, 0.2) is 0 Å². The predicted octanol–water partition coefficient (Wildman–Crippen LogP) is 4.10. The lowest BCUT2D eigenvalue weighted by Gasteiger charge is -2.24. The lowest BCUT2D eigenvalue weighted by atomic mass is 9.89. The Balaban J connectivity index is 2.10. The van der Waals surface area contributed by atoms with Crippen LogP contribution >= 0.6 is 0 Å². The first-order valence-corrected chi connectivity index (χ1v) is 9.05. The first-order chi connectivity index (χ1) is 11.6. The summed E-state index contributed by atoms with van der Waals surface area (Å²) in [4.78, 5) is 16.4. The van der Waals surface area contributed by atoms with E-state index in [1.54, 1.807) is 6.20 Å². The van der Waals surface area contributed by atoms with Crippen molar-refractivity contribution in [2.75, 3.05) is 0 Å². The van der Waals surface area contributed by atoms with E-state index in [2.05, 4.69) is 16.5 Å². The van der Waals surface area contributed by atoms with Gasteiger partial charge in [0.2, 0.25) is 0 Å². The van der Waals surface area contributed by atoms with Crippen LogP contribution in [0.25, 0.3) is 11.1 Å². The van der Waals surface area contributed by atoms with Crippen molar-refractivity contribution in [1.82, 2.24) is 9.55 Å². The van der Waals surface area contributed by atoms with Gasteiger partial charge in [0.1, 0.15) is 0 Å². The van der Waals surface area contributed by atoms with Crippen LogP contribution in [0.3, 0.4) is 0 Å². The van der Waals surface area contributed by atoms with Gasteiger partial charge in [-0.05, 0) is 38.2 Å². The number of nitrogens with two attached hydrogens (primary N) is 1. The average Bonchev–Trinajstić information content (AvgIpc) is 2.89. The first kappa shape index (κ1) is 16.7. The molecule has 1 fully saturated rings. The van der Waals surface area contributed by atoms with E-state index in [-0.39, 0.29) is 5.91 Å². The summed E-state index contributed by atoms with van der Waals surface area (Å²) in [5.74, 6) is 0.362. The molecule has 3 rings (SSSR count). The second-order valence-corrected chi connectivity index (χ2v) is 6.86. The highest BCUT2D eigenvalue weighted by Gasteiger charge is 2.25. The smallest absolute Gasteiger partial charge is 0.251 e. The molecule has 128 valence electrons. The molecule has 0 aliphatic heterocycles. The van der Waals surface area contributed by atoms with Gasteiger partial charge in [-0.25, -0.2) is 0 Å². The summed E-state index contributed by atoms with van der Waals surface area (Å²) >= 11 is 0. The van der Waals surface area contributed by atoms with Gasteiger partial charge in [-0.1, -0.05) is 32.3 Å². The molecule has 2 aromatic heterocycles. The number of pyridine rings is 1. The molecule has 4 nitrogen and oxygen atoms in total. The lowest BCUT2D eigenvalue weighted by molar-refractivity contribution is 0.1000. The van der Waals surface area contributed by atoms with Crippen molar-refractivity contribution in [2.24, 2.45) is 11.7 Å². The van der Waals surface area contributed by atoms with Crippen molar-refractivity contribution in [3.8, 4) is 11.1 Å². The zero-order valence-corrected chi connectivity index (χ0v) is 14.7. The second kappa shape index (κ2) is 7.20. The van der Waals surface area contributed by atoms with E-state index in [4.69, 9.17) is 5.73 Å². The summed E-state index contributed by atoms with van der Waals surface area (Å²) in [6.07, 6.45) is 11.0. The minimum atomic E-state index is -0.344. The molecule has 0 aromatic carbocycles. The molecule has 1 saturated carbocycles. The Morgan fingerprint density at radius 3 is 2.67 bits per heavy atom. The highest BCUT2D eigenvalue weighted by Crippen LogP contribution is 2.35. The zero-order chi connectivity index (χ0) is 17.1.